The van der Waals surface area contributed by atoms with Crippen molar-refractivity contribution in [1.29, 1.82) is 0 Å². The lowest BCUT2D eigenvalue weighted by atomic mass is 10.0. The molecule has 27 heavy (non-hydrogen) atoms. The molecule has 3 rings (SSSR count). The molecule has 1 heterocycles. The first kappa shape index (κ1) is 19.4. The summed E-state index contributed by atoms with van der Waals surface area (Å²) in [5.41, 5.74) is 1.88. The summed E-state index contributed by atoms with van der Waals surface area (Å²) in [6.07, 6.45) is 1.26. The van der Waals surface area contributed by atoms with Gasteiger partial charge in [-0.05, 0) is 44.0 Å². The van der Waals surface area contributed by atoms with Crippen LogP contribution in [-0.2, 0) is 0 Å². The van der Waals surface area contributed by atoms with Crippen LogP contribution in [0.4, 0.5) is 0 Å². The fourth-order valence-electron chi connectivity index (χ4n) is 3.30. The van der Waals surface area contributed by atoms with Gasteiger partial charge in [0.1, 0.15) is 18.5 Å². The predicted molar refractivity (Wildman–Crippen MR) is 106 cm³/mol. The van der Waals surface area contributed by atoms with Crippen molar-refractivity contribution >= 4 is 5.91 Å². The van der Waals surface area contributed by atoms with Crippen molar-refractivity contribution in [2.24, 2.45) is 0 Å². The maximum absolute atomic E-state index is 12.2. The minimum absolute atomic E-state index is 0.0133. The van der Waals surface area contributed by atoms with Gasteiger partial charge < -0.3 is 20.1 Å². The van der Waals surface area contributed by atoms with Crippen LogP contribution in [0.5, 0.6) is 5.75 Å². The number of nitrogens with zero attached hydrogens (tertiary/aromatic N) is 1. The van der Waals surface area contributed by atoms with Crippen LogP contribution >= 0.6 is 0 Å². The van der Waals surface area contributed by atoms with Gasteiger partial charge in [0.05, 0.1) is 0 Å². The number of carbonyl (C=O) groups is 1. The van der Waals surface area contributed by atoms with Crippen molar-refractivity contribution in [3.63, 3.8) is 0 Å². The molecular weight excluding hydrogens is 340 g/mol. The Balaban J connectivity index is 1.36. The Morgan fingerprint density at radius 1 is 1.15 bits per heavy atom. The summed E-state index contributed by atoms with van der Waals surface area (Å²) in [6.45, 7) is 4.63. The van der Waals surface area contributed by atoms with Crippen LogP contribution in [0.3, 0.4) is 0 Å². The van der Waals surface area contributed by atoms with Gasteiger partial charge in [0.15, 0.2) is 0 Å². The zero-order valence-corrected chi connectivity index (χ0v) is 15.8. The third-order valence-electron chi connectivity index (χ3n) is 4.89. The third-order valence-corrected chi connectivity index (χ3v) is 4.89. The van der Waals surface area contributed by atoms with Gasteiger partial charge in [0, 0.05) is 31.2 Å². The highest BCUT2D eigenvalue weighted by Crippen LogP contribution is 2.14. The number of aliphatic hydroxyl groups is 1. The maximum Gasteiger partial charge on any atom is 0.251 e. The summed E-state index contributed by atoms with van der Waals surface area (Å²) in [4.78, 5) is 14.5. The molecule has 2 aromatic carbocycles. The van der Waals surface area contributed by atoms with Crippen LogP contribution in [0.15, 0.2) is 54.6 Å². The van der Waals surface area contributed by atoms with E-state index in [1.165, 1.54) is 5.56 Å². The van der Waals surface area contributed by atoms with E-state index in [0.717, 1.165) is 31.7 Å². The lowest BCUT2D eigenvalue weighted by molar-refractivity contribution is 0.0568. The lowest BCUT2D eigenvalue weighted by Gasteiger charge is -2.33. The van der Waals surface area contributed by atoms with Crippen LogP contribution in [0.1, 0.15) is 28.8 Å². The van der Waals surface area contributed by atoms with E-state index >= 15 is 0 Å². The highest BCUT2D eigenvalue weighted by molar-refractivity contribution is 5.94. The molecule has 1 aliphatic rings. The summed E-state index contributed by atoms with van der Waals surface area (Å²) in [5, 5.41) is 13.3. The first-order valence-electron chi connectivity index (χ1n) is 9.56. The van der Waals surface area contributed by atoms with Gasteiger partial charge in [-0.25, -0.2) is 0 Å². The van der Waals surface area contributed by atoms with Crippen molar-refractivity contribution in [1.82, 2.24) is 10.2 Å². The standard InChI is InChI=1S/C22H28N2O3/c1-17-7-9-21(10-8-17)27-16-20(25)15-24-13-11-19(12-14-24)23-22(26)18-5-3-2-4-6-18/h2-10,19-20,25H,11-16H2,1H3,(H,23,26). The number of likely N-dealkylation sites (tertiary alicyclic amines) is 1. The molecule has 1 unspecified atom stereocenters. The van der Waals surface area contributed by atoms with Gasteiger partial charge >= 0.3 is 0 Å². The van der Waals surface area contributed by atoms with Crippen molar-refractivity contribution in [2.45, 2.75) is 31.9 Å². The maximum atomic E-state index is 12.2. The second kappa shape index (κ2) is 9.53. The Bertz CT molecular complexity index is 710. The van der Waals surface area contributed by atoms with E-state index in [1.807, 2.05) is 61.5 Å². The molecule has 5 heteroatoms. The lowest BCUT2D eigenvalue weighted by Crippen LogP contribution is -2.47. The number of hydrogen-bond acceptors (Lipinski definition) is 4. The first-order chi connectivity index (χ1) is 13.1. The summed E-state index contributed by atoms with van der Waals surface area (Å²) < 4.78 is 5.65. The minimum atomic E-state index is -0.526. The number of aliphatic hydroxyl groups excluding tert-OH is 1. The molecule has 0 aromatic heterocycles. The normalized spacial score (nSPS) is 16.7. The van der Waals surface area contributed by atoms with Crippen molar-refractivity contribution in [3.8, 4) is 5.75 Å². The molecule has 2 N–H and O–H groups in total. The minimum Gasteiger partial charge on any atom is -0.491 e. The number of β-amino-alcohol motifs (C(OH)–C–C–N with tert-alkyl or cyclic N) is 1. The molecular formula is C22H28N2O3. The van der Waals surface area contributed by atoms with Gasteiger partial charge in [0.25, 0.3) is 5.91 Å². The van der Waals surface area contributed by atoms with E-state index in [2.05, 4.69) is 10.2 Å². The van der Waals surface area contributed by atoms with Crippen LogP contribution in [-0.4, -0.2) is 54.3 Å². The van der Waals surface area contributed by atoms with Crippen LogP contribution in [0.2, 0.25) is 0 Å². The molecule has 1 atom stereocenters. The van der Waals surface area contributed by atoms with E-state index in [4.69, 9.17) is 4.74 Å². The highest BCUT2D eigenvalue weighted by atomic mass is 16.5. The van der Waals surface area contributed by atoms with E-state index in [9.17, 15) is 9.90 Å². The Morgan fingerprint density at radius 3 is 2.48 bits per heavy atom. The number of rotatable bonds is 7. The quantitative estimate of drug-likeness (QED) is 0.789. The molecule has 144 valence electrons. The molecule has 0 spiro atoms. The largest absolute Gasteiger partial charge is 0.491 e. The molecule has 1 saturated heterocycles. The smallest absolute Gasteiger partial charge is 0.251 e. The number of amides is 1. The fraction of sp³-hybridized carbons (Fsp3) is 0.409. The summed E-state index contributed by atoms with van der Waals surface area (Å²) in [5.74, 6) is 0.766. The molecule has 0 radical (unpaired) electrons. The highest BCUT2D eigenvalue weighted by Gasteiger charge is 2.22. The monoisotopic (exact) mass is 368 g/mol. The van der Waals surface area contributed by atoms with Crippen molar-refractivity contribution in [3.05, 3.63) is 65.7 Å². The van der Waals surface area contributed by atoms with Gasteiger partial charge in [-0.1, -0.05) is 35.9 Å². The topological polar surface area (TPSA) is 61.8 Å². The third kappa shape index (κ3) is 6.08. The summed E-state index contributed by atoms with van der Waals surface area (Å²) in [6, 6.07) is 17.3. The number of hydrogen-bond donors (Lipinski definition) is 2. The van der Waals surface area contributed by atoms with E-state index in [1.54, 1.807) is 0 Å². The Kier molecular flexibility index (Phi) is 6.85. The van der Waals surface area contributed by atoms with Gasteiger partial charge in [-0.2, -0.15) is 0 Å². The SMILES string of the molecule is Cc1ccc(OCC(O)CN2CCC(NC(=O)c3ccccc3)CC2)cc1. The van der Waals surface area contributed by atoms with Crippen LogP contribution in [0, 0.1) is 6.92 Å². The molecule has 0 aliphatic carbocycles. The van der Waals surface area contributed by atoms with Crippen molar-refractivity contribution in [2.75, 3.05) is 26.2 Å². The molecule has 0 bridgehead atoms. The van der Waals surface area contributed by atoms with Gasteiger partial charge in [0.2, 0.25) is 0 Å². The summed E-state index contributed by atoms with van der Waals surface area (Å²) in [7, 11) is 0. The van der Waals surface area contributed by atoms with E-state index in [0.29, 0.717) is 12.1 Å². The summed E-state index contributed by atoms with van der Waals surface area (Å²) >= 11 is 0. The molecule has 1 aliphatic heterocycles. The Morgan fingerprint density at radius 2 is 1.81 bits per heavy atom. The molecule has 5 nitrogen and oxygen atoms in total. The van der Waals surface area contributed by atoms with Crippen molar-refractivity contribution < 1.29 is 14.6 Å². The molecule has 2 aromatic rings. The van der Waals surface area contributed by atoms with E-state index in [-0.39, 0.29) is 18.6 Å². The second-order valence-corrected chi connectivity index (χ2v) is 7.19. The Labute approximate surface area is 161 Å². The average Bonchev–Trinajstić information content (AvgIpc) is 2.70. The zero-order chi connectivity index (χ0) is 19.1. The van der Waals surface area contributed by atoms with Crippen LogP contribution < -0.4 is 10.1 Å². The number of carbonyl (C=O) groups excluding carboxylic acids is 1. The number of ether oxygens (including phenoxy) is 1. The number of piperidine rings is 1. The Hall–Kier alpha value is -2.37. The van der Waals surface area contributed by atoms with Crippen LogP contribution in [0.25, 0.3) is 0 Å². The van der Waals surface area contributed by atoms with E-state index < -0.39 is 6.10 Å². The fourth-order valence-corrected chi connectivity index (χ4v) is 3.30. The number of aryl methyl sites for hydroxylation is 1. The number of benzene rings is 2. The molecule has 0 saturated carbocycles. The zero-order valence-electron chi connectivity index (χ0n) is 15.8. The number of nitrogens with one attached hydrogen (secondary N) is 1. The second-order valence-electron chi connectivity index (χ2n) is 7.19. The van der Waals surface area contributed by atoms with Gasteiger partial charge in [-0.3, -0.25) is 4.79 Å². The molecule has 1 fully saturated rings. The van der Waals surface area contributed by atoms with Gasteiger partial charge in [-0.15, -0.1) is 0 Å². The predicted octanol–water partition coefficient (Wildman–Crippen LogP) is 2.63. The first-order valence-corrected chi connectivity index (χ1v) is 9.56. The average molecular weight is 368 g/mol. The molecule has 1 amide bonds.